The summed E-state index contributed by atoms with van der Waals surface area (Å²) in [6.45, 7) is 0. The number of primary amides is 1. The van der Waals surface area contributed by atoms with Crippen molar-refractivity contribution in [3.05, 3.63) is 54.4 Å². The molecule has 0 atom stereocenters. The van der Waals surface area contributed by atoms with Gasteiger partial charge in [0.1, 0.15) is 11.3 Å². The van der Waals surface area contributed by atoms with Gasteiger partial charge in [-0.3, -0.25) is 9.78 Å². The van der Waals surface area contributed by atoms with Crippen LogP contribution in [0.4, 0.5) is 5.69 Å². The smallest absolute Gasteiger partial charge is 0.254 e. The fraction of sp³-hybridized carbons (Fsp3) is 0. The lowest BCUT2D eigenvalue weighted by molar-refractivity contribution is 0.0997. The molecule has 6 heteroatoms. The summed E-state index contributed by atoms with van der Waals surface area (Å²) in [5.41, 5.74) is 12.2. The lowest BCUT2D eigenvalue weighted by atomic mass is 10.2. The molecule has 0 aliphatic heterocycles. The topological polar surface area (TPSA) is 104 Å². The van der Waals surface area contributed by atoms with Gasteiger partial charge in [-0.05, 0) is 30.3 Å². The number of nitrogens with two attached hydrogens (primary N) is 2. The summed E-state index contributed by atoms with van der Waals surface area (Å²) in [7, 11) is 0. The Balaban J connectivity index is 2.09. The lowest BCUT2D eigenvalue weighted by Crippen LogP contribution is -2.13. The van der Waals surface area contributed by atoms with Crippen LogP contribution in [-0.2, 0) is 0 Å². The second-order valence-corrected chi connectivity index (χ2v) is 4.41. The van der Waals surface area contributed by atoms with Crippen molar-refractivity contribution in [2.75, 3.05) is 5.73 Å². The highest BCUT2D eigenvalue weighted by molar-refractivity contribution is 5.96. The van der Waals surface area contributed by atoms with Crippen LogP contribution >= 0.6 is 0 Å². The van der Waals surface area contributed by atoms with Gasteiger partial charge in [0.2, 0.25) is 5.88 Å². The molecule has 3 rings (SSSR count). The van der Waals surface area contributed by atoms with E-state index >= 15 is 0 Å². The van der Waals surface area contributed by atoms with Crippen LogP contribution in [0.25, 0.3) is 10.9 Å². The Kier molecular flexibility index (Phi) is 3.12. The van der Waals surface area contributed by atoms with Crippen LogP contribution in [0.1, 0.15) is 10.4 Å². The monoisotopic (exact) mass is 280 g/mol. The third-order valence-corrected chi connectivity index (χ3v) is 2.95. The average Bonchev–Trinajstić information content (AvgIpc) is 2.49. The number of amides is 1. The first-order valence-electron chi connectivity index (χ1n) is 6.22. The zero-order valence-corrected chi connectivity index (χ0v) is 11.0. The van der Waals surface area contributed by atoms with E-state index in [1.807, 2.05) is 18.2 Å². The molecule has 0 aliphatic carbocycles. The van der Waals surface area contributed by atoms with Gasteiger partial charge in [0.05, 0.1) is 17.4 Å². The number of hydrogen-bond donors (Lipinski definition) is 2. The number of carbonyl (C=O) groups excluding carboxylic acids is 1. The molecule has 6 nitrogen and oxygen atoms in total. The number of fused-ring (bicyclic) bond motifs is 1. The summed E-state index contributed by atoms with van der Waals surface area (Å²) < 4.78 is 5.73. The predicted octanol–water partition coefficient (Wildman–Crippen LogP) is 2.10. The van der Waals surface area contributed by atoms with Gasteiger partial charge in [0.15, 0.2) is 0 Å². The van der Waals surface area contributed by atoms with Crippen molar-refractivity contribution in [1.82, 2.24) is 9.97 Å². The Hall–Kier alpha value is -3.15. The number of pyridine rings is 2. The number of anilines is 1. The van der Waals surface area contributed by atoms with E-state index < -0.39 is 5.91 Å². The van der Waals surface area contributed by atoms with Gasteiger partial charge in [0.25, 0.3) is 5.91 Å². The van der Waals surface area contributed by atoms with Crippen molar-refractivity contribution in [1.29, 1.82) is 0 Å². The first kappa shape index (κ1) is 12.9. The van der Waals surface area contributed by atoms with E-state index in [-0.39, 0.29) is 11.4 Å². The summed E-state index contributed by atoms with van der Waals surface area (Å²) >= 11 is 0. The van der Waals surface area contributed by atoms with Crippen molar-refractivity contribution in [3.8, 4) is 11.6 Å². The van der Waals surface area contributed by atoms with Crippen LogP contribution in [0.5, 0.6) is 11.6 Å². The molecule has 1 amide bonds. The quantitative estimate of drug-likeness (QED) is 0.764. The molecule has 104 valence electrons. The molecule has 2 aromatic heterocycles. The fourth-order valence-corrected chi connectivity index (χ4v) is 1.99. The Labute approximate surface area is 120 Å². The molecular formula is C15H12N4O2. The van der Waals surface area contributed by atoms with Crippen LogP contribution in [-0.4, -0.2) is 15.9 Å². The number of hydrogen-bond acceptors (Lipinski definition) is 5. The van der Waals surface area contributed by atoms with E-state index in [1.54, 1.807) is 18.3 Å². The number of aromatic nitrogens is 2. The molecule has 0 saturated heterocycles. The second-order valence-electron chi connectivity index (χ2n) is 4.41. The van der Waals surface area contributed by atoms with Crippen LogP contribution in [0.15, 0.2) is 48.8 Å². The zero-order valence-electron chi connectivity index (χ0n) is 11.0. The van der Waals surface area contributed by atoms with Gasteiger partial charge in [0, 0.05) is 11.6 Å². The average molecular weight is 280 g/mol. The van der Waals surface area contributed by atoms with Gasteiger partial charge >= 0.3 is 0 Å². The van der Waals surface area contributed by atoms with E-state index in [9.17, 15) is 4.79 Å². The van der Waals surface area contributed by atoms with E-state index in [0.29, 0.717) is 11.4 Å². The maximum Gasteiger partial charge on any atom is 0.254 e. The van der Waals surface area contributed by atoms with Crippen molar-refractivity contribution < 1.29 is 9.53 Å². The summed E-state index contributed by atoms with van der Waals surface area (Å²) in [5.74, 6) is 0.0107. The Morgan fingerprint density at radius 2 is 2.00 bits per heavy atom. The minimum absolute atomic E-state index is 0.119. The Morgan fingerprint density at radius 1 is 1.14 bits per heavy atom. The standard InChI is InChI=1S/C15H12N4O2/c16-9-7-11(14(17)20)15(19-8-9)21-13-5-1-4-12-10(13)3-2-6-18-12/h1-8H,16H2,(H2,17,20). The summed E-state index contributed by atoms with van der Waals surface area (Å²) in [6.07, 6.45) is 3.10. The molecule has 0 aliphatic rings. The second kappa shape index (κ2) is 5.09. The Morgan fingerprint density at radius 3 is 2.81 bits per heavy atom. The molecule has 21 heavy (non-hydrogen) atoms. The molecule has 4 N–H and O–H groups in total. The lowest BCUT2D eigenvalue weighted by Gasteiger charge is -2.10. The molecular weight excluding hydrogens is 268 g/mol. The van der Waals surface area contributed by atoms with Gasteiger partial charge in [-0.25, -0.2) is 4.98 Å². The SMILES string of the molecule is NC(=O)c1cc(N)cnc1Oc1cccc2ncccc12. The minimum Gasteiger partial charge on any atom is -0.437 e. The third kappa shape index (κ3) is 2.46. The highest BCUT2D eigenvalue weighted by Gasteiger charge is 2.14. The largest absolute Gasteiger partial charge is 0.437 e. The molecule has 1 aromatic carbocycles. The predicted molar refractivity (Wildman–Crippen MR) is 79.0 cm³/mol. The zero-order chi connectivity index (χ0) is 14.8. The number of nitrogens with zero attached hydrogens (tertiary/aromatic N) is 2. The van der Waals surface area contributed by atoms with Crippen molar-refractivity contribution in [2.45, 2.75) is 0 Å². The van der Waals surface area contributed by atoms with Gasteiger partial charge < -0.3 is 16.2 Å². The normalized spacial score (nSPS) is 10.5. The number of benzene rings is 1. The molecule has 0 unspecified atom stereocenters. The van der Waals surface area contributed by atoms with E-state index in [1.165, 1.54) is 12.3 Å². The highest BCUT2D eigenvalue weighted by atomic mass is 16.5. The van der Waals surface area contributed by atoms with Crippen molar-refractivity contribution >= 4 is 22.5 Å². The molecule has 0 spiro atoms. The Bertz CT molecular complexity index is 828. The third-order valence-electron chi connectivity index (χ3n) is 2.95. The fourth-order valence-electron chi connectivity index (χ4n) is 1.99. The molecule has 0 fully saturated rings. The number of nitrogen functional groups attached to an aromatic ring is 1. The van der Waals surface area contributed by atoms with E-state index in [4.69, 9.17) is 16.2 Å². The molecule has 3 aromatic rings. The number of ether oxygens (including phenoxy) is 1. The van der Waals surface area contributed by atoms with E-state index in [0.717, 1.165) is 10.9 Å². The van der Waals surface area contributed by atoms with Crippen LogP contribution in [0.3, 0.4) is 0 Å². The molecule has 2 heterocycles. The summed E-state index contributed by atoms with van der Waals surface area (Å²) in [5, 5.41) is 0.814. The first-order chi connectivity index (χ1) is 10.1. The number of rotatable bonds is 3. The summed E-state index contributed by atoms with van der Waals surface area (Å²) in [6, 6.07) is 10.6. The molecule has 0 radical (unpaired) electrons. The molecule has 0 saturated carbocycles. The maximum atomic E-state index is 11.5. The maximum absolute atomic E-state index is 11.5. The molecule has 0 bridgehead atoms. The highest BCUT2D eigenvalue weighted by Crippen LogP contribution is 2.30. The van der Waals surface area contributed by atoms with Crippen molar-refractivity contribution in [2.24, 2.45) is 5.73 Å². The van der Waals surface area contributed by atoms with Crippen LogP contribution < -0.4 is 16.2 Å². The van der Waals surface area contributed by atoms with Crippen LogP contribution in [0.2, 0.25) is 0 Å². The first-order valence-corrected chi connectivity index (χ1v) is 6.22. The van der Waals surface area contributed by atoms with Gasteiger partial charge in [-0.1, -0.05) is 6.07 Å². The van der Waals surface area contributed by atoms with Crippen molar-refractivity contribution in [3.63, 3.8) is 0 Å². The van der Waals surface area contributed by atoms with Gasteiger partial charge in [-0.2, -0.15) is 0 Å². The number of carbonyl (C=O) groups is 1. The van der Waals surface area contributed by atoms with Gasteiger partial charge in [-0.15, -0.1) is 0 Å². The minimum atomic E-state index is -0.650. The van der Waals surface area contributed by atoms with E-state index in [2.05, 4.69) is 9.97 Å². The summed E-state index contributed by atoms with van der Waals surface area (Å²) in [4.78, 5) is 19.7. The van der Waals surface area contributed by atoms with Crippen LogP contribution in [0, 0.1) is 0 Å².